The molecule has 1 heterocycles. The first-order chi connectivity index (χ1) is 6.85. The Morgan fingerprint density at radius 1 is 1.57 bits per heavy atom. The monoisotopic (exact) mass is 193 g/mol. The molecule has 14 heavy (non-hydrogen) atoms. The number of hydrogen-bond acceptors (Lipinski definition) is 2. The molecule has 3 heteroatoms. The lowest BCUT2D eigenvalue weighted by Gasteiger charge is -2.12. The minimum absolute atomic E-state index is 0.669. The van der Waals surface area contributed by atoms with Gasteiger partial charge in [0.05, 0.1) is 0 Å². The van der Waals surface area contributed by atoms with Gasteiger partial charge in [-0.05, 0) is 33.2 Å². The molecule has 3 nitrogen and oxygen atoms in total. The van der Waals surface area contributed by atoms with E-state index in [9.17, 15) is 0 Å². The summed E-state index contributed by atoms with van der Waals surface area (Å²) >= 11 is 0. The van der Waals surface area contributed by atoms with Gasteiger partial charge >= 0.3 is 0 Å². The largest absolute Gasteiger partial charge is 0.335 e. The number of nitrogens with one attached hydrogen (secondary N) is 1. The van der Waals surface area contributed by atoms with Crippen molar-refractivity contribution < 1.29 is 0 Å². The van der Waals surface area contributed by atoms with Gasteiger partial charge in [-0.2, -0.15) is 0 Å². The van der Waals surface area contributed by atoms with Crippen molar-refractivity contribution in [3.63, 3.8) is 0 Å². The second kappa shape index (κ2) is 4.13. The molecule has 2 rings (SSSR count). The first-order valence-corrected chi connectivity index (χ1v) is 5.53. The van der Waals surface area contributed by atoms with Crippen LogP contribution in [0.5, 0.6) is 0 Å². The molecule has 1 aromatic rings. The molecule has 2 unspecified atom stereocenters. The van der Waals surface area contributed by atoms with Crippen molar-refractivity contribution >= 4 is 0 Å². The third kappa shape index (κ3) is 1.69. The highest BCUT2D eigenvalue weighted by Gasteiger charge is 2.27. The summed E-state index contributed by atoms with van der Waals surface area (Å²) in [4.78, 5) is 4.47. The fourth-order valence-corrected chi connectivity index (χ4v) is 2.43. The third-order valence-corrected chi connectivity index (χ3v) is 3.29. The van der Waals surface area contributed by atoms with Gasteiger partial charge < -0.3 is 9.88 Å². The summed E-state index contributed by atoms with van der Waals surface area (Å²) in [5.41, 5.74) is 0. The summed E-state index contributed by atoms with van der Waals surface area (Å²) in [7, 11) is 2.05. The Morgan fingerprint density at radius 3 is 3.07 bits per heavy atom. The maximum atomic E-state index is 4.47. The summed E-state index contributed by atoms with van der Waals surface area (Å²) in [5.74, 6) is 1.95. The van der Waals surface area contributed by atoms with Crippen LogP contribution in [0, 0.1) is 0 Å². The van der Waals surface area contributed by atoms with E-state index in [2.05, 4.69) is 35.0 Å². The van der Waals surface area contributed by atoms with Crippen LogP contribution in [0.2, 0.25) is 0 Å². The van der Waals surface area contributed by atoms with E-state index in [0.29, 0.717) is 12.0 Å². The van der Waals surface area contributed by atoms with Crippen molar-refractivity contribution in [2.24, 2.45) is 0 Å². The van der Waals surface area contributed by atoms with E-state index >= 15 is 0 Å². The normalized spacial score (nSPS) is 27.0. The molecule has 1 saturated carbocycles. The Morgan fingerprint density at radius 2 is 2.43 bits per heavy atom. The maximum Gasteiger partial charge on any atom is 0.111 e. The van der Waals surface area contributed by atoms with E-state index in [1.54, 1.807) is 0 Å². The molecule has 0 spiro atoms. The maximum absolute atomic E-state index is 4.47. The van der Waals surface area contributed by atoms with Gasteiger partial charge in [-0.1, -0.05) is 0 Å². The van der Waals surface area contributed by atoms with Gasteiger partial charge in [-0.25, -0.2) is 4.98 Å². The van der Waals surface area contributed by atoms with Crippen LogP contribution in [0.4, 0.5) is 0 Å². The van der Waals surface area contributed by atoms with Crippen LogP contribution in [0.1, 0.15) is 37.9 Å². The summed E-state index contributed by atoms with van der Waals surface area (Å²) in [5, 5.41) is 3.36. The molecule has 1 aromatic heterocycles. The molecule has 2 atom stereocenters. The van der Waals surface area contributed by atoms with Crippen LogP contribution in [0.25, 0.3) is 0 Å². The molecule has 0 saturated heterocycles. The van der Waals surface area contributed by atoms with Gasteiger partial charge in [0.1, 0.15) is 5.82 Å². The molecule has 0 radical (unpaired) electrons. The van der Waals surface area contributed by atoms with Crippen molar-refractivity contribution in [2.45, 2.75) is 44.7 Å². The molecule has 1 aliphatic carbocycles. The highest BCUT2D eigenvalue weighted by atomic mass is 15.1. The molecular formula is C11H19N3. The van der Waals surface area contributed by atoms with Crippen LogP contribution in [0.15, 0.2) is 12.4 Å². The molecule has 1 fully saturated rings. The Labute approximate surface area is 85.5 Å². The first kappa shape index (κ1) is 9.71. The number of hydrogen-bond donors (Lipinski definition) is 1. The van der Waals surface area contributed by atoms with Gasteiger partial charge in [0, 0.05) is 30.9 Å². The van der Waals surface area contributed by atoms with E-state index in [-0.39, 0.29) is 0 Å². The fraction of sp³-hybridized carbons (Fsp3) is 0.727. The number of rotatable bonds is 3. The average molecular weight is 193 g/mol. The van der Waals surface area contributed by atoms with Crippen LogP contribution in [-0.2, 0) is 6.54 Å². The van der Waals surface area contributed by atoms with E-state index in [0.717, 1.165) is 6.54 Å². The molecule has 78 valence electrons. The van der Waals surface area contributed by atoms with Crippen molar-refractivity contribution in [2.75, 3.05) is 7.05 Å². The summed E-state index contributed by atoms with van der Waals surface area (Å²) in [6.07, 6.45) is 7.82. The predicted molar refractivity (Wildman–Crippen MR) is 57.3 cm³/mol. The number of imidazole rings is 1. The molecule has 0 amide bonds. The quantitative estimate of drug-likeness (QED) is 0.792. The summed E-state index contributed by atoms with van der Waals surface area (Å²) in [6, 6.07) is 0.696. The second-order valence-corrected chi connectivity index (χ2v) is 4.07. The lowest BCUT2D eigenvalue weighted by Crippen LogP contribution is -2.21. The number of aryl methyl sites for hydroxylation is 1. The zero-order valence-electron chi connectivity index (χ0n) is 9.03. The molecule has 1 aliphatic rings. The van der Waals surface area contributed by atoms with E-state index in [1.165, 1.54) is 25.1 Å². The molecular weight excluding hydrogens is 174 g/mol. The van der Waals surface area contributed by atoms with Crippen molar-refractivity contribution in [1.29, 1.82) is 0 Å². The third-order valence-electron chi connectivity index (χ3n) is 3.29. The fourth-order valence-electron chi connectivity index (χ4n) is 2.43. The van der Waals surface area contributed by atoms with Crippen LogP contribution >= 0.6 is 0 Å². The molecule has 1 N–H and O–H groups in total. The van der Waals surface area contributed by atoms with Crippen molar-refractivity contribution in [3.8, 4) is 0 Å². The van der Waals surface area contributed by atoms with Gasteiger partial charge in [-0.15, -0.1) is 0 Å². The van der Waals surface area contributed by atoms with Crippen LogP contribution in [0.3, 0.4) is 0 Å². The van der Waals surface area contributed by atoms with E-state index in [1.807, 2.05) is 6.20 Å². The number of aromatic nitrogens is 2. The van der Waals surface area contributed by atoms with Crippen LogP contribution in [-0.4, -0.2) is 22.6 Å². The average Bonchev–Trinajstić information content (AvgIpc) is 2.85. The predicted octanol–water partition coefficient (Wildman–Crippen LogP) is 1.76. The smallest absolute Gasteiger partial charge is 0.111 e. The Hall–Kier alpha value is -0.830. The Kier molecular flexibility index (Phi) is 2.87. The van der Waals surface area contributed by atoms with E-state index < -0.39 is 0 Å². The van der Waals surface area contributed by atoms with Crippen LogP contribution < -0.4 is 5.32 Å². The highest BCUT2D eigenvalue weighted by Crippen LogP contribution is 2.33. The standard InChI is InChI=1S/C11H19N3/c1-3-14-7-6-13-11(14)9-4-5-10(8-9)12-2/h6-7,9-10,12H,3-5,8H2,1-2H3. The lowest BCUT2D eigenvalue weighted by atomic mass is 10.1. The van der Waals surface area contributed by atoms with Gasteiger partial charge in [0.25, 0.3) is 0 Å². The molecule has 0 aliphatic heterocycles. The van der Waals surface area contributed by atoms with Gasteiger partial charge in [0.15, 0.2) is 0 Å². The first-order valence-electron chi connectivity index (χ1n) is 5.53. The Balaban J connectivity index is 2.09. The number of nitrogens with zero attached hydrogens (tertiary/aromatic N) is 2. The topological polar surface area (TPSA) is 29.9 Å². The van der Waals surface area contributed by atoms with E-state index in [4.69, 9.17) is 0 Å². The highest BCUT2D eigenvalue weighted by molar-refractivity contribution is 5.04. The molecule has 0 aromatic carbocycles. The van der Waals surface area contributed by atoms with Crippen molar-refractivity contribution in [3.05, 3.63) is 18.2 Å². The minimum Gasteiger partial charge on any atom is -0.335 e. The van der Waals surface area contributed by atoms with Crippen molar-refractivity contribution in [1.82, 2.24) is 14.9 Å². The Bertz CT molecular complexity index is 292. The summed E-state index contributed by atoms with van der Waals surface area (Å²) < 4.78 is 2.27. The van der Waals surface area contributed by atoms with Gasteiger partial charge in [0.2, 0.25) is 0 Å². The minimum atomic E-state index is 0.669. The SMILES string of the molecule is CCn1ccnc1C1CCC(NC)C1. The molecule has 0 bridgehead atoms. The zero-order chi connectivity index (χ0) is 9.97. The zero-order valence-corrected chi connectivity index (χ0v) is 9.03. The second-order valence-electron chi connectivity index (χ2n) is 4.07. The lowest BCUT2D eigenvalue weighted by molar-refractivity contribution is 0.551. The summed E-state index contributed by atoms with van der Waals surface area (Å²) in [6.45, 7) is 3.21. The van der Waals surface area contributed by atoms with Gasteiger partial charge in [-0.3, -0.25) is 0 Å².